The molecule has 0 aliphatic rings. The molecule has 1 rings (SSSR count). The molecule has 0 aromatic heterocycles. The maximum absolute atomic E-state index is 12.1. The molecule has 0 radical (unpaired) electrons. The van der Waals surface area contributed by atoms with Crippen LogP contribution in [-0.2, 0) is 35.0 Å². The van der Waals surface area contributed by atoms with Crippen LogP contribution in [0.25, 0.3) is 0 Å². The van der Waals surface area contributed by atoms with E-state index in [1.807, 2.05) is 6.92 Å². The first-order chi connectivity index (χ1) is 14.8. The van der Waals surface area contributed by atoms with Crippen LogP contribution in [0.1, 0.15) is 25.3 Å². The number of hydrogen-bond donors (Lipinski definition) is 1. The molecular formula is C20H27NO10. The van der Waals surface area contributed by atoms with Gasteiger partial charge in [-0.05, 0) is 30.5 Å². The molecule has 0 aliphatic heterocycles. The van der Waals surface area contributed by atoms with E-state index in [0.717, 1.165) is 14.2 Å². The zero-order valence-electron chi connectivity index (χ0n) is 17.9. The summed E-state index contributed by atoms with van der Waals surface area (Å²) in [6.07, 6.45) is -0.879. The van der Waals surface area contributed by atoms with Crippen LogP contribution >= 0.6 is 0 Å². The fourth-order valence-electron chi connectivity index (χ4n) is 2.40. The maximum Gasteiger partial charge on any atom is 0.513 e. The van der Waals surface area contributed by atoms with E-state index in [2.05, 4.69) is 14.8 Å². The summed E-state index contributed by atoms with van der Waals surface area (Å²) >= 11 is 0. The lowest BCUT2D eigenvalue weighted by molar-refractivity contribution is -0.144. The van der Waals surface area contributed by atoms with Gasteiger partial charge in [0.05, 0.1) is 21.3 Å². The number of ether oxygens (including phenoxy) is 6. The van der Waals surface area contributed by atoms with Crippen molar-refractivity contribution < 1.29 is 47.6 Å². The van der Waals surface area contributed by atoms with Crippen molar-refractivity contribution in [1.82, 2.24) is 5.32 Å². The molecule has 1 aromatic rings. The normalized spacial score (nSPS) is 11.1. The van der Waals surface area contributed by atoms with Gasteiger partial charge in [0.25, 0.3) is 0 Å². The Morgan fingerprint density at radius 3 is 2.16 bits per heavy atom. The standard InChI is InChI=1S/C20H27NO10/c1-5-6-17(22)29-10-9-21-14(18(23)26-2)11-13-7-8-15(30-19(24)27-3)16(12-13)31-20(25)28-4/h7-8,12,14,21H,5-6,9-11H2,1-4H3/t14-/m0/s1. The number of benzene rings is 1. The molecule has 0 aliphatic carbocycles. The third kappa shape index (κ3) is 9.34. The number of carbonyl (C=O) groups excluding carboxylic acids is 4. The molecule has 0 saturated carbocycles. The van der Waals surface area contributed by atoms with E-state index in [4.69, 9.17) is 18.9 Å². The van der Waals surface area contributed by atoms with Gasteiger partial charge in [-0.2, -0.15) is 0 Å². The minimum atomic E-state index is -1.02. The molecule has 0 bridgehead atoms. The Morgan fingerprint density at radius 2 is 1.58 bits per heavy atom. The molecule has 31 heavy (non-hydrogen) atoms. The Morgan fingerprint density at radius 1 is 0.935 bits per heavy atom. The SMILES string of the molecule is CCCC(=O)OCCN[C@@H](Cc1ccc(OC(=O)OC)c(OC(=O)OC)c1)C(=O)OC. The minimum absolute atomic E-state index is 0.0774. The molecule has 1 atom stereocenters. The Bertz CT molecular complexity index is 764. The third-order valence-electron chi connectivity index (χ3n) is 3.86. The van der Waals surface area contributed by atoms with Crippen LogP contribution in [0.3, 0.4) is 0 Å². The Labute approximate surface area is 179 Å². The molecular weight excluding hydrogens is 414 g/mol. The third-order valence-corrected chi connectivity index (χ3v) is 3.86. The second-order valence-corrected chi connectivity index (χ2v) is 6.10. The lowest BCUT2D eigenvalue weighted by atomic mass is 10.1. The minimum Gasteiger partial charge on any atom is -0.468 e. The lowest BCUT2D eigenvalue weighted by Crippen LogP contribution is -2.41. The van der Waals surface area contributed by atoms with Gasteiger partial charge in [-0.1, -0.05) is 13.0 Å². The highest BCUT2D eigenvalue weighted by atomic mass is 16.7. The molecule has 0 amide bonds. The van der Waals surface area contributed by atoms with Crippen LogP contribution in [0.4, 0.5) is 9.59 Å². The van der Waals surface area contributed by atoms with Gasteiger partial charge in [0.2, 0.25) is 0 Å². The monoisotopic (exact) mass is 441 g/mol. The number of methoxy groups -OCH3 is 3. The van der Waals surface area contributed by atoms with Gasteiger partial charge in [0.1, 0.15) is 12.6 Å². The highest BCUT2D eigenvalue weighted by Crippen LogP contribution is 2.30. The van der Waals surface area contributed by atoms with Crippen molar-refractivity contribution in [2.75, 3.05) is 34.5 Å². The maximum atomic E-state index is 12.1. The van der Waals surface area contributed by atoms with Gasteiger partial charge in [0, 0.05) is 13.0 Å². The van der Waals surface area contributed by atoms with Crippen LogP contribution in [0.5, 0.6) is 11.5 Å². The summed E-state index contributed by atoms with van der Waals surface area (Å²) in [5, 5.41) is 2.95. The Kier molecular flexibility index (Phi) is 11.4. The van der Waals surface area contributed by atoms with Crippen LogP contribution < -0.4 is 14.8 Å². The van der Waals surface area contributed by atoms with Crippen LogP contribution in [0, 0.1) is 0 Å². The van der Waals surface area contributed by atoms with Gasteiger partial charge in [-0.15, -0.1) is 0 Å². The van der Waals surface area contributed by atoms with Crippen molar-refractivity contribution in [3.05, 3.63) is 23.8 Å². The molecule has 11 nitrogen and oxygen atoms in total. The van der Waals surface area contributed by atoms with Crippen LogP contribution in [-0.4, -0.2) is 64.8 Å². The fraction of sp³-hybridized carbons (Fsp3) is 0.500. The molecule has 0 fully saturated rings. The van der Waals surface area contributed by atoms with Gasteiger partial charge < -0.3 is 33.7 Å². The summed E-state index contributed by atoms with van der Waals surface area (Å²) < 4.78 is 28.7. The van der Waals surface area contributed by atoms with Crippen molar-refractivity contribution >= 4 is 24.2 Å². The molecule has 1 N–H and O–H groups in total. The van der Waals surface area contributed by atoms with Crippen molar-refractivity contribution in [3.8, 4) is 11.5 Å². The summed E-state index contributed by atoms with van der Waals surface area (Å²) in [5.41, 5.74) is 0.557. The van der Waals surface area contributed by atoms with E-state index >= 15 is 0 Å². The number of rotatable bonds is 11. The second kappa shape index (κ2) is 13.8. The molecule has 11 heteroatoms. The number of carbonyl (C=O) groups is 4. The molecule has 172 valence electrons. The predicted octanol–water partition coefficient (Wildman–Crippen LogP) is 1.99. The van der Waals surface area contributed by atoms with Crippen LogP contribution in [0.15, 0.2) is 18.2 Å². The van der Waals surface area contributed by atoms with Crippen molar-refractivity contribution in [3.63, 3.8) is 0 Å². The van der Waals surface area contributed by atoms with Crippen molar-refractivity contribution in [2.45, 2.75) is 32.2 Å². The number of nitrogens with one attached hydrogen (secondary N) is 1. The topological polar surface area (TPSA) is 136 Å². The van der Waals surface area contributed by atoms with E-state index in [0.29, 0.717) is 18.4 Å². The van der Waals surface area contributed by atoms with Gasteiger partial charge >= 0.3 is 24.2 Å². The Hall–Kier alpha value is -3.34. The zero-order valence-corrected chi connectivity index (χ0v) is 17.9. The highest BCUT2D eigenvalue weighted by molar-refractivity contribution is 5.76. The summed E-state index contributed by atoms with van der Waals surface area (Å²) in [5.74, 6) is -1.03. The lowest BCUT2D eigenvalue weighted by Gasteiger charge is -2.17. The average molecular weight is 441 g/mol. The molecule has 1 aromatic carbocycles. The van der Waals surface area contributed by atoms with E-state index < -0.39 is 24.3 Å². The predicted molar refractivity (Wildman–Crippen MR) is 106 cm³/mol. The van der Waals surface area contributed by atoms with Crippen molar-refractivity contribution in [2.24, 2.45) is 0 Å². The first-order valence-corrected chi connectivity index (χ1v) is 9.45. The highest BCUT2D eigenvalue weighted by Gasteiger charge is 2.21. The van der Waals surface area contributed by atoms with E-state index in [-0.39, 0.29) is 37.0 Å². The molecule has 0 unspecified atom stereocenters. The molecule has 0 spiro atoms. The van der Waals surface area contributed by atoms with Gasteiger partial charge in [-0.25, -0.2) is 9.59 Å². The quantitative estimate of drug-likeness (QED) is 0.234. The summed E-state index contributed by atoms with van der Waals surface area (Å²) in [6.45, 7) is 2.19. The van der Waals surface area contributed by atoms with E-state index in [9.17, 15) is 19.2 Å². The van der Waals surface area contributed by atoms with E-state index in [1.54, 1.807) is 6.07 Å². The largest absolute Gasteiger partial charge is 0.513 e. The first kappa shape index (κ1) is 25.7. The summed E-state index contributed by atoms with van der Waals surface area (Å²) in [6, 6.07) is 3.59. The Balaban J connectivity index is 2.90. The molecule has 0 heterocycles. The van der Waals surface area contributed by atoms with Crippen molar-refractivity contribution in [1.29, 1.82) is 0 Å². The smallest absolute Gasteiger partial charge is 0.468 e. The number of hydrogen-bond acceptors (Lipinski definition) is 11. The zero-order chi connectivity index (χ0) is 23.2. The summed E-state index contributed by atoms with van der Waals surface area (Å²) in [7, 11) is 3.50. The first-order valence-electron chi connectivity index (χ1n) is 9.45. The van der Waals surface area contributed by atoms with Gasteiger partial charge in [0.15, 0.2) is 11.5 Å². The number of esters is 2. The molecule has 0 saturated heterocycles. The van der Waals surface area contributed by atoms with Crippen LogP contribution in [0.2, 0.25) is 0 Å². The summed E-state index contributed by atoms with van der Waals surface area (Å²) in [4.78, 5) is 46.4. The average Bonchev–Trinajstić information content (AvgIpc) is 2.76. The van der Waals surface area contributed by atoms with E-state index in [1.165, 1.54) is 19.2 Å². The van der Waals surface area contributed by atoms with Gasteiger partial charge in [-0.3, -0.25) is 9.59 Å². The fourth-order valence-corrected chi connectivity index (χ4v) is 2.40. The second-order valence-electron chi connectivity index (χ2n) is 6.10.